The summed E-state index contributed by atoms with van der Waals surface area (Å²) in [7, 11) is -6.13. The van der Waals surface area contributed by atoms with Crippen LogP contribution in [0.3, 0.4) is 0 Å². The fourth-order valence-electron chi connectivity index (χ4n) is 4.66. The van der Waals surface area contributed by atoms with Gasteiger partial charge in [-0.25, -0.2) is 13.8 Å². The van der Waals surface area contributed by atoms with E-state index in [0.29, 0.717) is 17.9 Å². The average molecular weight is 641 g/mol. The third kappa shape index (κ3) is 8.85. The van der Waals surface area contributed by atoms with E-state index in [1.54, 1.807) is 19.3 Å². The highest BCUT2D eigenvalue weighted by molar-refractivity contribution is 7.85. The van der Waals surface area contributed by atoms with Crippen LogP contribution in [-0.2, 0) is 24.3 Å². The molecule has 1 fully saturated rings. The molecule has 0 aliphatic carbocycles. The maximum Gasteiger partial charge on any atom is 0.265 e. The van der Waals surface area contributed by atoms with Gasteiger partial charge in [0, 0.05) is 23.8 Å². The third-order valence-electron chi connectivity index (χ3n) is 7.97. The van der Waals surface area contributed by atoms with Crippen LogP contribution in [0.4, 0.5) is 4.39 Å². The van der Waals surface area contributed by atoms with Gasteiger partial charge in [0.05, 0.1) is 43.9 Å². The number of aromatic nitrogens is 4. The molecule has 1 aliphatic rings. The molecule has 1 saturated heterocycles. The molecule has 43 heavy (non-hydrogen) atoms. The Balaban J connectivity index is 1.47. The van der Waals surface area contributed by atoms with Crippen molar-refractivity contribution in [1.82, 2.24) is 19.6 Å². The Bertz CT molecular complexity index is 1470. The lowest BCUT2D eigenvalue weighted by Crippen LogP contribution is -2.43. The molecule has 4 rings (SSSR count). The number of nitrogens with zero attached hydrogens (tertiary/aromatic N) is 4. The second-order valence-corrected chi connectivity index (χ2v) is 19.0. The Labute approximate surface area is 254 Å². The van der Waals surface area contributed by atoms with E-state index in [4.69, 9.17) is 28.3 Å². The summed E-state index contributed by atoms with van der Waals surface area (Å²) in [4.78, 5) is 0. The van der Waals surface area contributed by atoms with Gasteiger partial charge in [-0.1, -0.05) is 27.7 Å². The molecule has 3 atom stereocenters. The van der Waals surface area contributed by atoms with E-state index in [2.05, 4.69) is 39.0 Å². The molecule has 3 heterocycles. The van der Waals surface area contributed by atoms with Crippen molar-refractivity contribution < 1.29 is 36.0 Å². The predicted octanol–water partition coefficient (Wildman–Crippen LogP) is 6.01. The van der Waals surface area contributed by atoms with E-state index in [1.807, 2.05) is 22.9 Å². The maximum absolute atomic E-state index is 15.0. The van der Waals surface area contributed by atoms with Crippen molar-refractivity contribution in [1.29, 1.82) is 0 Å². The van der Waals surface area contributed by atoms with Crippen molar-refractivity contribution in [2.75, 3.05) is 38.8 Å². The van der Waals surface area contributed by atoms with Crippen molar-refractivity contribution in [2.24, 2.45) is 5.92 Å². The van der Waals surface area contributed by atoms with Gasteiger partial charge in [0.25, 0.3) is 10.1 Å². The minimum absolute atomic E-state index is 0.0396. The first kappa shape index (κ1) is 33.5. The Kier molecular flexibility index (Phi) is 10.7. The van der Waals surface area contributed by atoms with Crippen LogP contribution in [0.2, 0.25) is 18.1 Å². The van der Waals surface area contributed by atoms with Crippen LogP contribution >= 0.6 is 0 Å². The molecule has 0 bridgehead atoms. The smallest absolute Gasteiger partial charge is 0.265 e. The molecule has 1 N–H and O–H groups in total. The van der Waals surface area contributed by atoms with Gasteiger partial charge in [0.15, 0.2) is 6.23 Å². The van der Waals surface area contributed by atoms with Crippen molar-refractivity contribution in [3.63, 3.8) is 0 Å². The number of halogens is 1. The second kappa shape index (κ2) is 13.7. The molecule has 3 unspecified atom stereocenters. The minimum Gasteiger partial charge on any atom is -0.543 e. The number of rotatable bonds is 14. The lowest BCUT2D eigenvalue weighted by molar-refractivity contribution is -0.0365. The largest absolute Gasteiger partial charge is 0.543 e. The number of hydrogen-bond donors (Lipinski definition) is 1. The van der Waals surface area contributed by atoms with Crippen LogP contribution in [0, 0.1) is 5.92 Å². The molecule has 240 valence electrons. The van der Waals surface area contributed by atoms with E-state index in [-0.39, 0.29) is 49.4 Å². The zero-order valence-corrected chi connectivity index (χ0v) is 27.8. The van der Waals surface area contributed by atoms with Crippen LogP contribution in [0.5, 0.6) is 5.75 Å². The SMILES string of the molecule is CC(COCCOCC(F)n1cc(-c2nn(C3CCCCO3)c3ccc(O[Si](C)(C)C(C)(C)C)cc23)cn1)CS(=O)(=O)O. The van der Waals surface area contributed by atoms with Gasteiger partial charge < -0.3 is 18.6 Å². The lowest BCUT2D eigenvalue weighted by atomic mass is 10.1. The summed E-state index contributed by atoms with van der Waals surface area (Å²) < 4.78 is 72.3. The molecule has 1 aromatic carbocycles. The van der Waals surface area contributed by atoms with Crippen molar-refractivity contribution in [2.45, 2.75) is 77.6 Å². The number of ether oxygens (including phenoxy) is 3. The lowest BCUT2D eigenvalue weighted by Gasteiger charge is -2.36. The number of benzene rings is 1. The summed E-state index contributed by atoms with van der Waals surface area (Å²) in [5, 5.41) is 10.1. The molecule has 0 saturated carbocycles. The zero-order valence-electron chi connectivity index (χ0n) is 26.0. The molecule has 0 spiro atoms. The molecule has 2 aromatic heterocycles. The van der Waals surface area contributed by atoms with Crippen LogP contribution < -0.4 is 4.43 Å². The van der Waals surface area contributed by atoms with Gasteiger partial charge in [-0.15, -0.1) is 0 Å². The van der Waals surface area contributed by atoms with Crippen molar-refractivity contribution in [3.05, 3.63) is 30.6 Å². The monoisotopic (exact) mass is 640 g/mol. The Morgan fingerprint density at radius 3 is 2.56 bits per heavy atom. The van der Waals surface area contributed by atoms with Gasteiger partial charge >= 0.3 is 0 Å². The molecule has 3 aromatic rings. The maximum atomic E-state index is 15.0. The first-order chi connectivity index (χ1) is 20.1. The minimum atomic E-state index is -4.05. The highest BCUT2D eigenvalue weighted by Crippen LogP contribution is 2.40. The fraction of sp³-hybridized carbons (Fsp3) is 0.655. The summed E-state index contributed by atoms with van der Waals surface area (Å²) in [6.07, 6.45) is 4.47. The molecule has 14 heteroatoms. The fourth-order valence-corrected chi connectivity index (χ4v) is 6.50. The predicted molar refractivity (Wildman–Crippen MR) is 165 cm³/mol. The van der Waals surface area contributed by atoms with Crippen molar-refractivity contribution in [3.8, 4) is 17.0 Å². The van der Waals surface area contributed by atoms with Crippen LogP contribution in [0.1, 0.15) is 59.5 Å². The molecule has 1 aliphatic heterocycles. The molecule has 11 nitrogen and oxygen atoms in total. The standard InChI is InChI=1S/C29H45FN4O7SSi/c1-21(20-42(35,36)37)18-38-13-14-39-19-26(30)33-17-22(16-31-33)28-24-15-23(41-43(5,6)29(2,3)4)10-11-25(24)34(32-28)27-9-7-8-12-40-27/h10-11,15-17,21,26-27H,7-9,12-14,18-20H2,1-6H3,(H,35,36,37). The summed E-state index contributed by atoms with van der Waals surface area (Å²) in [5.41, 5.74) is 2.27. The second-order valence-electron chi connectivity index (χ2n) is 12.8. The average Bonchev–Trinajstić information content (AvgIpc) is 3.54. The van der Waals surface area contributed by atoms with Crippen LogP contribution in [0.25, 0.3) is 22.2 Å². The summed E-state index contributed by atoms with van der Waals surface area (Å²) in [6, 6.07) is 6.03. The first-order valence-corrected chi connectivity index (χ1v) is 19.3. The Hall–Kier alpha value is -2.36. The Morgan fingerprint density at radius 2 is 1.91 bits per heavy atom. The van der Waals surface area contributed by atoms with Gasteiger partial charge in [-0.2, -0.15) is 18.6 Å². The number of fused-ring (bicyclic) bond motifs is 1. The van der Waals surface area contributed by atoms with Crippen LogP contribution in [0.15, 0.2) is 30.6 Å². The summed E-state index contributed by atoms with van der Waals surface area (Å²) in [6.45, 7) is 13.6. The highest BCUT2D eigenvalue weighted by Gasteiger charge is 2.39. The van der Waals surface area contributed by atoms with Gasteiger partial charge in [-0.05, 0) is 61.5 Å². The Morgan fingerprint density at radius 1 is 1.19 bits per heavy atom. The third-order valence-corrected chi connectivity index (χ3v) is 13.3. The highest BCUT2D eigenvalue weighted by atomic mass is 32.2. The van der Waals surface area contributed by atoms with Crippen LogP contribution in [-0.4, -0.2) is 79.6 Å². The van der Waals surface area contributed by atoms with Crippen molar-refractivity contribution >= 4 is 29.3 Å². The number of hydrogen-bond acceptors (Lipinski definition) is 8. The summed E-state index contributed by atoms with van der Waals surface area (Å²) in [5.74, 6) is 0.0300. The molecular formula is C29H45FN4O7SSi. The van der Waals surface area contributed by atoms with E-state index < -0.39 is 24.7 Å². The van der Waals surface area contributed by atoms with E-state index in [1.165, 1.54) is 4.68 Å². The van der Waals surface area contributed by atoms with Gasteiger partial charge in [-0.3, -0.25) is 4.55 Å². The van der Waals surface area contributed by atoms with E-state index in [0.717, 1.165) is 35.9 Å². The van der Waals surface area contributed by atoms with E-state index in [9.17, 15) is 8.42 Å². The quantitative estimate of drug-likeness (QED) is 0.128. The molecule has 0 radical (unpaired) electrons. The first-order valence-electron chi connectivity index (χ1n) is 14.8. The topological polar surface area (TPSA) is 127 Å². The molecular weight excluding hydrogens is 595 g/mol. The zero-order chi connectivity index (χ0) is 31.4. The van der Waals surface area contributed by atoms with Gasteiger partial charge in [0.1, 0.15) is 11.4 Å². The number of alkyl halides is 1. The van der Waals surface area contributed by atoms with Gasteiger partial charge in [0.2, 0.25) is 14.6 Å². The summed E-state index contributed by atoms with van der Waals surface area (Å²) >= 11 is 0. The van der Waals surface area contributed by atoms with E-state index >= 15 is 4.39 Å². The molecule has 0 amide bonds. The normalized spacial score (nSPS) is 18.2.